The van der Waals surface area contributed by atoms with Crippen LogP contribution in [-0.4, -0.2) is 41.6 Å². The molecule has 6 nitrogen and oxygen atoms in total. The van der Waals surface area contributed by atoms with Crippen LogP contribution in [0.4, 0.5) is 0 Å². The van der Waals surface area contributed by atoms with Crippen LogP contribution in [0, 0.1) is 5.92 Å². The summed E-state index contributed by atoms with van der Waals surface area (Å²) in [4.78, 5) is 48.4. The quantitative estimate of drug-likeness (QED) is 0.124. The summed E-state index contributed by atoms with van der Waals surface area (Å²) < 4.78 is 5.23. The van der Waals surface area contributed by atoms with Gasteiger partial charge in [0.1, 0.15) is 5.75 Å². The largest absolute Gasteiger partial charge is 0.589 e. The summed E-state index contributed by atoms with van der Waals surface area (Å²) in [7, 11) is -7.98. The van der Waals surface area contributed by atoms with Gasteiger partial charge in [-0.05, 0) is 67.8 Å². The number of unbranched alkanes of at least 4 members (excludes halogenated alkanes) is 5. The molecule has 186 valence electrons. The third-order valence-corrected chi connectivity index (χ3v) is 8.40. The highest BCUT2D eigenvalue weighted by Crippen LogP contribution is 2.29. The summed E-state index contributed by atoms with van der Waals surface area (Å²) in [5.41, 5.74) is 1.62. The van der Waals surface area contributed by atoms with E-state index in [4.69, 9.17) is 4.43 Å². The van der Waals surface area contributed by atoms with Gasteiger partial charge in [-0.25, -0.2) is 0 Å². The first kappa shape index (κ1) is 29.5. The van der Waals surface area contributed by atoms with E-state index in [0.29, 0.717) is 12.2 Å². The zero-order chi connectivity index (χ0) is 24.7. The summed E-state index contributed by atoms with van der Waals surface area (Å²) in [6, 6.07) is 7.40. The van der Waals surface area contributed by atoms with Crippen LogP contribution in [-0.2, 0) is 6.42 Å². The lowest BCUT2D eigenvalue weighted by atomic mass is 9.99. The smallest absolute Gasteiger partial charge is 0.498 e. The van der Waals surface area contributed by atoms with Gasteiger partial charge < -0.3 is 28.4 Å². The van der Waals surface area contributed by atoms with Crippen LogP contribution >= 0.6 is 0 Å². The molecule has 2 unspecified atom stereocenters. The van der Waals surface area contributed by atoms with Crippen molar-refractivity contribution in [3.05, 3.63) is 66.4 Å². The fourth-order valence-electron chi connectivity index (χ4n) is 3.47. The maximum atomic E-state index is 9.70. The Kier molecular flexibility index (Phi) is 13.8. The molecule has 0 spiro atoms. The average molecular weight is 495 g/mol. The second-order valence-electron chi connectivity index (χ2n) is 8.63. The van der Waals surface area contributed by atoms with Gasteiger partial charge >= 0.3 is 17.6 Å². The van der Waals surface area contributed by atoms with Crippen LogP contribution in [0.1, 0.15) is 70.8 Å². The fraction of sp³-hybridized carbons (Fsp3) is 0.520. The topological polar surface area (TPSA) is 110 Å². The molecule has 0 aliphatic rings. The van der Waals surface area contributed by atoms with E-state index < -0.39 is 23.2 Å². The Balaban J connectivity index is 2.38. The van der Waals surface area contributed by atoms with E-state index in [1.54, 1.807) is 13.0 Å². The minimum absolute atomic E-state index is 0.0833. The number of aryl methyl sites for hydroxylation is 1. The summed E-state index contributed by atoms with van der Waals surface area (Å²) >= 11 is 0. The van der Waals surface area contributed by atoms with Crippen LogP contribution in [0.2, 0.25) is 5.54 Å². The molecule has 0 aliphatic carbocycles. The van der Waals surface area contributed by atoms with Crippen molar-refractivity contribution < 1.29 is 28.4 Å². The number of rotatable bonds is 17. The van der Waals surface area contributed by atoms with Crippen LogP contribution < -0.4 is 4.43 Å². The molecule has 0 aromatic heterocycles. The van der Waals surface area contributed by atoms with Crippen LogP contribution in [0.3, 0.4) is 0 Å². The molecule has 8 heteroatoms. The van der Waals surface area contributed by atoms with E-state index in [1.165, 1.54) is 0 Å². The van der Waals surface area contributed by atoms with Gasteiger partial charge in [-0.15, -0.1) is 0 Å². The normalized spacial score (nSPS) is 14.6. The highest BCUT2D eigenvalue weighted by molar-refractivity contribution is 6.64. The highest BCUT2D eigenvalue weighted by Gasteiger charge is 2.39. The summed E-state index contributed by atoms with van der Waals surface area (Å²) in [5, 5.41) is 0. The van der Waals surface area contributed by atoms with Gasteiger partial charge in [-0.2, -0.15) is 0 Å². The Morgan fingerprint density at radius 2 is 1.70 bits per heavy atom. The van der Waals surface area contributed by atoms with Crippen molar-refractivity contribution in [1.29, 1.82) is 0 Å². The summed E-state index contributed by atoms with van der Waals surface area (Å²) in [5.74, 6) is 0.364. The molecule has 2 atom stereocenters. The van der Waals surface area contributed by atoms with Gasteiger partial charge in [0.2, 0.25) is 0 Å². The van der Waals surface area contributed by atoms with E-state index in [1.807, 2.05) is 24.3 Å². The van der Waals surface area contributed by atoms with E-state index >= 15 is 0 Å². The third-order valence-electron chi connectivity index (χ3n) is 5.69. The first-order valence-corrected chi connectivity index (χ1v) is 15.7. The second kappa shape index (κ2) is 15.4. The zero-order valence-electron chi connectivity index (χ0n) is 20.1. The predicted octanol–water partition coefficient (Wildman–Crippen LogP) is 4.43. The lowest BCUT2D eigenvalue weighted by Crippen LogP contribution is -2.42. The first-order chi connectivity index (χ1) is 15.6. The Morgan fingerprint density at radius 3 is 2.36 bits per heavy atom. The first-order valence-electron chi connectivity index (χ1n) is 11.9. The standard InChI is InChI=1S/C25H42O6Si2/c1-4-6-7-13-18-24(22(3)33(28,29)30)19-14-11-9-8-10-12-16-23-17-15-20-25(21-23)31-32(26,27)5-2/h5,7,13-15,17,19-22,24,26-30H,2,4,6,8-12,16,18H2,1,3H3/b13-7+,19-14+. The van der Waals surface area contributed by atoms with Gasteiger partial charge in [-0.3, -0.25) is 0 Å². The van der Waals surface area contributed by atoms with E-state index in [-0.39, 0.29) is 5.92 Å². The van der Waals surface area contributed by atoms with Gasteiger partial charge in [0, 0.05) is 5.54 Å². The zero-order valence-corrected chi connectivity index (χ0v) is 22.1. The number of allylic oxidation sites excluding steroid dienone is 4. The molecule has 1 rings (SSSR count). The monoisotopic (exact) mass is 494 g/mol. The summed E-state index contributed by atoms with van der Waals surface area (Å²) in [6.07, 6.45) is 17.1. The van der Waals surface area contributed by atoms with Gasteiger partial charge in [0.05, 0.1) is 0 Å². The summed E-state index contributed by atoms with van der Waals surface area (Å²) in [6.45, 7) is 7.21. The van der Waals surface area contributed by atoms with Crippen molar-refractivity contribution >= 4 is 17.6 Å². The van der Waals surface area contributed by atoms with Gasteiger partial charge in [-0.1, -0.05) is 76.1 Å². The molecule has 0 heterocycles. The molecule has 5 N–H and O–H groups in total. The predicted molar refractivity (Wildman–Crippen MR) is 137 cm³/mol. The van der Waals surface area contributed by atoms with Gasteiger partial charge in [0.25, 0.3) is 0 Å². The number of benzene rings is 1. The number of hydrogen-bond donors (Lipinski definition) is 5. The molecule has 0 saturated carbocycles. The Bertz CT molecular complexity index is 743. The fourth-order valence-corrected chi connectivity index (χ4v) is 4.85. The molecule has 0 radical (unpaired) electrons. The molecular formula is C25H42O6Si2. The minimum Gasteiger partial charge on any atom is -0.498 e. The highest BCUT2D eigenvalue weighted by atomic mass is 28.4. The van der Waals surface area contributed by atoms with Crippen LogP contribution in [0.5, 0.6) is 5.75 Å². The van der Waals surface area contributed by atoms with Gasteiger partial charge in [0.15, 0.2) is 0 Å². The third kappa shape index (κ3) is 13.1. The number of hydrogen-bond acceptors (Lipinski definition) is 6. The molecule has 33 heavy (non-hydrogen) atoms. The molecule has 0 bridgehead atoms. The Labute approximate surface area is 201 Å². The minimum atomic E-state index is -4.15. The van der Waals surface area contributed by atoms with Crippen molar-refractivity contribution in [2.75, 3.05) is 0 Å². The van der Waals surface area contributed by atoms with Crippen molar-refractivity contribution in [1.82, 2.24) is 0 Å². The lowest BCUT2D eigenvalue weighted by molar-refractivity contribution is 0.202. The van der Waals surface area contributed by atoms with E-state index in [2.05, 4.69) is 31.7 Å². The Morgan fingerprint density at radius 1 is 0.970 bits per heavy atom. The molecule has 1 aromatic carbocycles. The Hall–Kier alpha value is -1.53. The maximum Gasteiger partial charge on any atom is 0.589 e. The second-order valence-corrected chi connectivity index (χ2v) is 12.8. The molecule has 0 saturated heterocycles. The lowest BCUT2D eigenvalue weighted by Gasteiger charge is -2.24. The molecular weight excluding hydrogens is 452 g/mol. The molecule has 0 aliphatic heterocycles. The van der Waals surface area contributed by atoms with Crippen LogP contribution in [0.15, 0.2) is 60.8 Å². The average Bonchev–Trinajstić information content (AvgIpc) is 2.76. The molecule has 1 aromatic rings. The van der Waals surface area contributed by atoms with E-state index in [0.717, 1.165) is 62.6 Å². The molecule has 0 fully saturated rings. The van der Waals surface area contributed by atoms with Crippen LogP contribution in [0.25, 0.3) is 0 Å². The van der Waals surface area contributed by atoms with Crippen molar-refractivity contribution in [2.24, 2.45) is 5.92 Å². The van der Waals surface area contributed by atoms with Crippen molar-refractivity contribution in [3.63, 3.8) is 0 Å². The molecule has 0 amide bonds. The SMILES string of the molecule is C=C[Si](O)(O)Oc1cccc(CCCCCC/C=C/C(C/C=C/CCC)C(C)[Si](O)(O)O)c1. The van der Waals surface area contributed by atoms with Crippen molar-refractivity contribution in [2.45, 2.75) is 77.2 Å². The van der Waals surface area contributed by atoms with Crippen molar-refractivity contribution in [3.8, 4) is 5.75 Å². The maximum absolute atomic E-state index is 9.70. The van der Waals surface area contributed by atoms with E-state index in [9.17, 15) is 24.0 Å².